The van der Waals surface area contributed by atoms with Crippen LogP contribution in [-0.2, 0) is 11.8 Å². The van der Waals surface area contributed by atoms with Crippen molar-refractivity contribution < 1.29 is 9.53 Å². The Hall–Kier alpha value is -1.89. The molecule has 0 aliphatic heterocycles. The lowest BCUT2D eigenvalue weighted by Crippen LogP contribution is -2.13. The lowest BCUT2D eigenvalue weighted by molar-refractivity contribution is 0.0594. The number of ether oxygens (including phenoxy) is 1. The topological polar surface area (TPSA) is 77.0 Å². The molecule has 6 nitrogen and oxygen atoms in total. The number of methoxy groups -OCH3 is 1. The van der Waals surface area contributed by atoms with E-state index in [4.69, 9.17) is 0 Å². The van der Waals surface area contributed by atoms with Crippen LogP contribution in [0.1, 0.15) is 16.2 Å². The Morgan fingerprint density at radius 3 is 2.82 bits per heavy atom. The van der Waals surface area contributed by atoms with Crippen LogP contribution < -0.4 is 5.56 Å². The predicted octanol–water partition coefficient (Wildman–Crippen LogP) is 0.932. The second-order valence-corrected chi connectivity index (χ2v) is 4.37. The lowest BCUT2D eigenvalue weighted by atomic mass is 10.2. The molecule has 7 heteroatoms. The third kappa shape index (κ3) is 1.89. The molecular weight excluding hydrogens is 242 g/mol. The van der Waals surface area contributed by atoms with Gasteiger partial charge in [0.15, 0.2) is 5.69 Å². The van der Waals surface area contributed by atoms with Gasteiger partial charge in [0, 0.05) is 18.1 Å². The van der Waals surface area contributed by atoms with E-state index < -0.39 is 5.97 Å². The quantitative estimate of drug-likeness (QED) is 0.808. The zero-order valence-electron chi connectivity index (χ0n) is 9.60. The van der Waals surface area contributed by atoms with Gasteiger partial charge in [-0.15, -0.1) is 11.3 Å². The maximum Gasteiger partial charge on any atom is 0.356 e. The Bertz CT molecular complexity index is 623. The summed E-state index contributed by atoms with van der Waals surface area (Å²) in [7, 11) is 2.81. The molecule has 0 amide bonds. The number of H-pyrrole nitrogens is 1. The van der Waals surface area contributed by atoms with E-state index in [1.54, 1.807) is 7.05 Å². The summed E-state index contributed by atoms with van der Waals surface area (Å²) in [6.07, 6.45) is 0. The summed E-state index contributed by atoms with van der Waals surface area (Å²) < 4.78 is 5.86. The Morgan fingerprint density at radius 1 is 1.59 bits per heavy atom. The SMILES string of the molecule is COC(=O)c1[nH]n(C)c(=O)c1-c1nc(C)cs1. The van der Waals surface area contributed by atoms with E-state index >= 15 is 0 Å². The molecule has 0 spiro atoms. The number of hydrogen-bond donors (Lipinski definition) is 1. The number of rotatable bonds is 2. The summed E-state index contributed by atoms with van der Waals surface area (Å²) in [6.45, 7) is 1.83. The largest absolute Gasteiger partial charge is 0.464 e. The number of esters is 1. The normalized spacial score (nSPS) is 10.5. The Morgan fingerprint density at radius 2 is 2.29 bits per heavy atom. The number of nitrogens with one attached hydrogen (secondary N) is 1. The summed E-state index contributed by atoms with van der Waals surface area (Å²) in [5.41, 5.74) is 0.913. The van der Waals surface area contributed by atoms with E-state index in [1.807, 2.05) is 12.3 Å². The molecule has 2 heterocycles. The maximum absolute atomic E-state index is 11.9. The third-order valence-electron chi connectivity index (χ3n) is 2.27. The standard InChI is InChI=1S/C10H11N3O3S/c1-5-4-17-8(11-5)6-7(10(15)16-3)12-13(2)9(6)14/h4,12H,1-3H3. The molecule has 0 radical (unpaired) electrons. The predicted molar refractivity (Wildman–Crippen MR) is 63.2 cm³/mol. The number of nitrogens with zero attached hydrogens (tertiary/aromatic N) is 2. The minimum Gasteiger partial charge on any atom is -0.464 e. The molecule has 17 heavy (non-hydrogen) atoms. The van der Waals surface area contributed by atoms with Crippen LogP contribution in [0.3, 0.4) is 0 Å². The van der Waals surface area contributed by atoms with Crippen LogP contribution in [0.2, 0.25) is 0 Å². The van der Waals surface area contributed by atoms with Gasteiger partial charge in [-0.3, -0.25) is 14.6 Å². The molecule has 0 saturated carbocycles. The zero-order chi connectivity index (χ0) is 12.6. The molecule has 0 bridgehead atoms. The molecule has 2 rings (SSSR count). The number of thiazole rings is 1. The van der Waals surface area contributed by atoms with Crippen molar-refractivity contribution in [3.8, 4) is 10.6 Å². The van der Waals surface area contributed by atoms with Crippen molar-refractivity contribution in [3.05, 3.63) is 27.1 Å². The van der Waals surface area contributed by atoms with Crippen molar-refractivity contribution in [2.24, 2.45) is 7.05 Å². The summed E-state index contributed by atoms with van der Waals surface area (Å²) in [6, 6.07) is 0. The molecule has 0 fully saturated rings. The van der Waals surface area contributed by atoms with Crippen LogP contribution in [0, 0.1) is 6.92 Å². The van der Waals surface area contributed by atoms with Crippen molar-refractivity contribution in [2.45, 2.75) is 6.92 Å². The van der Waals surface area contributed by atoms with Gasteiger partial charge in [-0.05, 0) is 6.92 Å². The first-order valence-electron chi connectivity index (χ1n) is 4.84. The molecule has 90 valence electrons. The number of carbonyl (C=O) groups excluding carboxylic acids is 1. The van der Waals surface area contributed by atoms with Gasteiger partial charge in [0.2, 0.25) is 0 Å². The van der Waals surface area contributed by atoms with Gasteiger partial charge in [-0.25, -0.2) is 9.78 Å². The van der Waals surface area contributed by atoms with E-state index in [-0.39, 0.29) is 16.8 Å². The number of aromatic amines is 1. The highest BCUT2D eigenvalue weighted by molar-refractivity contribution is 7.13. The van der Waals surface area contributed by atoms with Gasteiger partial charge in [0.05, 0.1) is 7.11 Å². The number of carbonyl (C=O) groups is 1. The van der Waals surface area contributed by atoms with Crippen LogP contribution >= 0.6 is 11.3 Å². The van der Waals surface area contributed by atoms with E-state index in [0.717, 1.165) is 5.69 Å². The summed E-state index contributed by atoms with van der Waals surface area (Å²) in [5.74, 6) is -0.578. The van der Waals surface area contributed by atoms with E-state index in [0.29, 0.717) is 5.01 Å². The number of aryl methyl sites for hydroxylation is 2. The van der Waals surface area contributed by atoms with Gasteiger partial charge in [-0.2, -0.15) is 0 Å². The van der Waals surface area contributed by atoms with Crippen molar-refractivity contribution in [1.82, 2.24) is 14.8 Å². The van der Waals surface area contributed by atoms with Crippen molar-refractivity contribution in [1.29, 1.82) is 0 Å². The average molecular weight is 253 g/mol. The highest BCUT2D eigenvalue weighted by Crippen LogP contribution is 2.23. The molecule has 1 N–H and O–H groups in total. The van der Waals surface area contributed by atoms with Gasteiger partial charge >= 0.3 is 5.97 Å². The van der Waals surface area contributed by atoms with Crippen LogP contribution in [0.25, 0.3) is 10.6 Å². The monoisotopic (exact) mass is 253 g/mol. The molecule has 2 aromatic heterocycles. The minimum atomic E-state index is -0.578. The first-order chi connectivity index (χ1) is 8.04. The Kier molecular flexibility index (Phi) is 2.84. The lowest BCUT2D eigenvalue weighted by Gasteiger charge is -1.96. The Labute approximate surface area is 101 Å². The first-order valence-corrected chi connectivity index (χ1v) is 5.72. The fraction of sp³-hybridized carbons (Fsp3) is 0.300. The molecule has 2 aromatic rings. The van der Waals surface area contributed by atoms with Gasteiger partial charge in [0.1, 0.15) is 10.6 Å². The highest BCUT2D eigenvalue weighted by Gasteiger charge is 2.22. The molecule has 0 aliphatic carbocycles. The average Bonchev–Trinajstić information content (AvgIpc) is 2.84. The van der Waals surface area contributed by atoms with Crippen LogP contribution in [0.4, 0.5) is 0 Å². The van der Waals surface area contributed by atoms with Crippen LogP contribution in [0.15, 0.2) is 10.2 Å². The number of aromatic nitrogens is 3. The minimum absolute atomic E-state index is 0.134. The van der Waals surface area contributed by atoms with Crippen molar-refractivity contribution in [3.63, 3.8) is 0 Å². The van der Waals surface area contributed by atoms with Crippen molar-refractivity contribution in [2.75, 3.05) is 7.11 Å². The fourth-order valence-electron chi connectivity index (χ4n) is 1.47. The molecule has 0 saturated heterocycles. The summed E-state index contributed by atoms with van der Waals surface area (Å²) >= 11 is 1.32. The van der Waals surface area contributed by atoms with E-state index in [9.17, 15) is 9.59 Å². The fourth-order valence-corrected chi connectivity index (χ4v) is 2.30. The van der Waals surface area contributed by atoms with E-state index in [1.165, 1.54) is 23.1 Å². The van der Waals surface area contributed by atoms with Crippen LogP contribution in [0.5, 0.6) is 0 Å². The second kappa shape index (κ2) is 4.17. The smallest absolute Gasteiger partial charge is 0.356 e. The molecule has 0 aromatic carbocycles. The van der Waals surface area contributed by atoms with Crippen molar-refractivity contribution >= 4 is 17.3 Å². The maximum atomic E-state index is 11.9. The van der Waals surface area contributed by atoms with E-state index in [2.05, 4.69) is 14.8 Å². The van der Waals surface area contributed by atoms with Gasteiger partial charge in [0.25, 0.3) is 5.56 Å². The Balaban J connectivity index is 2.67. The third-order valence-corrected chi connectivity index (χ3v) is 3.25. The second-order valence-electron chi connectivity index (χ2n) is 3.51. The summed E-state index contributed by atoms with van der Waals surface area (Å²) in [4.78, 5) is 27.7. The summed E-state index contributed by atoms with van der Waals surface area (Å²) in [5, 5.41) is 5.01. The highest BCUT2D eigenvalue weighted by atomic mass is 32.1. The number of hydrogen-bond acceptors (Lipinski definition) is 5. The van der Waals surface area contributed by atoms with Gasteiger partial charge < -0.3 is 4.74 Å². The first kappa shape index (κ1) is 11.6. The van der Waals surface area contributed by atoms with Gasteiger partial charge in [-0.1, -0.05) is 0 Å². The molecule has 0 aliphatic rings. The molecule has 0 unspecified atom stereocenters. The van der Waals surface area contributed by atoms with Crippen LogP contribution in [-0.4, -0.2) is 27.8 Å². The zero-order valence-corrected chi connectivity index (χ0v) is 10.4. The molecule has 0 atom stereocenters. The molecular formula is C10H11N3O3S.